The standard InChI is InChI=1S/C14H11IN2O2S/c1-20(18,19)11-5-6-12-13(8-11)17-14(16-12)9-3-2-4-10(15)7-9/h2-8H,1H3,(H,16,17). The fourth-order valence-electron chi connectivity index (χ4n) is 1.99. The van der Waals surface area contributed by atoms with Gasteiger partial charge in [0.2, 0.25) is 0 Å². The average Bonchev–Trinajstić information content (AvgIpc) is 2.80. The van der Waals surface area contributed by atoms with E-state index in [0.29, 0.717) is 4.90 Å². The molecule has 0 aliphatic heterocycles. The second-order valence-corrected chi connectivity index (χ2v) is 7.81. The molecule has 0 saturated carbocycles. The smallest absolute Gasteiger partial charge is 0.175 e. The molecule has 0 fully saturated rings. The van der Waals surface area contributed by atoms with Crippen molar-refractivity contribution in [1.82, 2.24) is 9.97 Å². The minimum Gasteiger partial charge on any atom is -0.338 e. The van der Waals surface area contributed by atoms with E-state index >= 15 is 0 Å². The number of nitrogens with one attached hydrogen (secondary N) is 1. The van der Waals surface area contributed by atoms with Crippen molar-refractivity contribution >= 4 is 43.5 Å². The molecule has 1 aromatic heterocycles. The van der Waals surface area contributed by atoms with Crippen LogP contribution in [0.15, 0.2) is 47.4 Å². The van der Waals surface area contributed by atoms with E-state index in [-0.39, 0.29) is 0 Å². The third-order valence-corrected chi connectivity index (χ3v) is 4.76. The number of aromatic amines is 1. The number of rotatable bonds is 2. The highest BCUT2D eigenvalue weighted by atomic mass is 127. The number of benzene rings is 2. The molecule has 0 spiro atoms. The highest BCUT2D eigenvalue weighted by Gasteiger charge is 2.11. The van der Waals surface area contributed by atoms with Gasteiger partial charge in [-0.3, -0.25) is 0 Å². The molecule has 1 N–H and O–H groups in total. The van der Waals surface area contributed by atoms with Crippen LogP contribution in [-0.4, -0.2) is 24.6 Å². The summed E-state index contributed by atoms with van der Waals surface area (Å²) in [6, 6.07) is 12.9. The Kier molecular flexibility index (Phi) is 3.29. The summed E-state index contributed by atoms with van der Waals surface area (Å²) < 4.78 is 24.2. The topological polar surface area (TPSA) is 62.8 Å². The van der Waals surface area contributed by atoms with Gasteiger partial charge in [-0.2, -0.15) is 0 Å². The zero-order chi connectivity index (χ0) is 14.3. The molecule has 0 unspecified atom stereocenters. The van der Waals surface area contributed by atoms with Crippen LogP contribution in [-0.2, 0) is 9.84 Å². The van der Waals surface area contributed by atoms with Gasteiger partial charge in [0.05, 0.1) is 15.9 Å². The number of hydrogen-bond donors (Lipinski definition) is 1. The van der Waals surface area contributed by atoms with Crippen LogP contribution >= 0.6 is 22.6 Å². The summed E-state index contributed by atoms with van der Waals surface area (Å²) in [4.78, 5) is 7.96. The van der Waals surface area contributed by atoms with Crippen molar-refractivity contribution in [1.29, 1.82) is 0 Å². The van der Waals surface area contributed by atoms with Crippen molar-refractivity contribution in [2.75, 3.05) is 6.26 Å². The first-order valence-corrected chi connectivity index (χ1v) is 8.86. The highest BCUT2D eigenvalue weighted by molar-refractivity contribution is 14.1. The van der Waals surface area contributed by atoms with Gasteiger partial charge in [-0.25, -0.2) is 13.4 Å². The minimum absolute atomic E-state index is 0.294. The van der Waals surface area contributed by atoms with Crippen LogP contribution in [0.2, 0.25) is 0 Å². The molecule has 4 nitrogen and oxygen atoms in total. The maximum absolute atomic E-state index is 11.6. The first-order chi connectivity index (χ1) is 9.43. The molecule has 0 atom stereocenters. The number of hydrogen-bond acceptors (Lipinski definition) is 3. The van der Waals surface area contributed by atoms with Gasteiger partial charge in [-0.1, -0.05) is 12.1 Å². The molecule has 0 bridgehead atoms. The van der Waals surface area contributed by atoms with E-state index in [9.17, 15) is 8.42 Å². The van der Waals surface area contributed by atoms with Crippen LogP contribution < -0.4 is 0 Å². The number of halogens is 1. The number of fused-ring (bicyclic) bond motifs is 1. The molecule has 1 heterocycles. The molecule has 2 aromatic carbocycles. The number of imidazole rings is 1. The average molecular weight is 398 g/mol. The third-order valence-electron chi connectivity index (χ3n) is 2.98. The predicted octanol–water partition coefficient (Wildman–Crippen LogP) is 3.24. The summed E-state index contributed by atoms with van der Waals surface area (Å²) in [6.45, 7) is 0. The zero-order valence-electron chi connectivity index (χ0n) is 10.6. The Morgan fingerprint density at radius 2 is 1.95 bits per heavy atom. The summed E-state index contributed by atoms with van der Waals surface area (Å²) >= 11 is 2.25. The number of aromatic nitrogens is 2. The molecular weight excluding hydrogens is 387 g/mol. The van der Waals surface area contributed by atoms with E-state index in [1.165, 1.54) is 6.26 Å². The lowest BCUT2D eigenvalue weighted by Gasteiger charge is -1.97. The molecule has 3 rings (SSSR count). The summed E-state index contributed by atoms with van der Waals surface area (Å²) in [7, 11) is -3.21. The molecular formula is C14H11IN2O2S. The Morgan fingerprint density at radius 3 is 2.65 bits per heavy atom. The van der Waals surface area contributed by atoms with E-state index in [1.54, 1.807) is 18.2 Å². The second kappa shape index (κ2) is 4.85. The summed E-state index contributed by atoms with van der Waals surface area (Å²) in [6.07, 6.45) is 1.20. The van der Waals surface area contributed by atoms with Crippen molar-refractivity contribution in [2.24, 2.45) is 0 Å². The van der Waals surface area contributed by atoms with Gasteiger partial charge in [0.1, 0.15) is 5.82 Å². The monoisotopic (exact) mass is 398 g/mol. The minimum atomic E-state index is -3.21. The summed E-state index contributed by atoms with van der Waals surface area (Å²) in [5.74, 6) is 0.740. The van der Waals surface area contributed by atoms with Crippen LogP contribution in [0.3, 0.4) is 0 Å². The van der Waals surface area contributed by atoms with E-state index in [2.05, 4.69) is 32.6 Å². The van der Waals surface area contributed by atoms with Crippen molar-refractivity contribution in [2.45, 2.75) is 4.90 Å². The van der Waals surface area contributed by atoms with Gasteiger partial charge in [0, 0.05) is 15.4 Å². The lowest BCUT2D eigenvalue weighted by atomic mass is 10.2. The Morgan fingerprint density at radius 1 is 1.15 bits per heavy atom. The Hall–Kier alpha value is -1.41. The Balaban J connectivity index is 2.16. The molecule has 102 valence electrons. The molecule has 0 amide bonds. The molecule has 3 aromatic rings. The van der Waals surface area contributed by atoms with Gasteiger partial charge in [-0.15, -0.1) is 0 Å². The van der Waals surface area contributed by atoms with Crippen LogP contribution in [0.1, 0.15) is 0 Å². The number of sulfone groups is 1. The van der Waals surface area contributed by atoms with Gasteiger partial charge < -0.3 is 4.98 Å². The second-order valence-electron chi connectivity index (χ2n) is 4.55. The Labute approximate surface area is 130 Å². The van der Waals surface area contributed by atoms with E-state index < -0.39 is 9.84 Å². The number of H-pyrrole nitrogens is 1. The normalized spacial score (nSPS) is 11.9. The maximum Gasteiger partial charge on any atom is 0.175 e. The first kappa shape index (κ1) is 13.6. The van der Waals surface area contributed by atoms with Crippen LogP contribution in [0.4, 0.5) is 0 Å². The quantitative estimate of drug-likeness (QED) is 0.675. The molecule has 0 aliphatic rings. The molecule has 0 aliphatic carbocycles. The van der Waals surface area contributed by atoms with Gasteiger partial charge >= 0.3 is 0 Å². The SMILES string of the molecule is CS(=O)(=O)c1ccc2nc(-c3cccc(I)c3)[nH]c2c1. The van der Waals surface area contributed by atoms with E-state index in [0.717, 1.165) is 26.0 Å². The first-order valence-electron chi connectivity index (χ1n) is 5.89. The zero-order valence-corrected chi connectivity index (χ0v) is 13.6. The van der Waals surface area contributed by atoms with Gasteiger partial charge in [-0.05, 0) is 52.9 Å². The van der Waals surface area contributed by atoms with Gasteiger partial charge in [0.25, 0.3) is 0 Å². The van der Waals surface area contributed by atoms with Crippen molar-refractivity contribution < 1.29 is 8.42 Å². The predicted molar refractivity (Wildman–Crippen MR) is 87.4 cm³/mol. The largest absolute Gasteiger partial charge is 0.338 e. The third kappa shape index (κ3) is 2.57. The summed E-state index contributed by atoms with van der Waals surface area (Å²) in [5, 5.41) is 0. The molecule has 0 saturated heterocycles. The Bertz CT molecular complexity index is 900. The number of nitrogens with zero attached hydrogens (tertiary/aromatic N) is 1. The fourth-order valence-corrected chi connectivity index (χ4v) is 3.18. The molecule has 20 heavy (non-hydrogen) atoms. The van der Waals surface area contributed by atoms with Crippen LogP contribution in [0.5, 0.6) is 0 Å². The van der Waals surface area contributed by atoms with Crippen LogP contribution in [0, 0.1) is 3.57 Å². The molecule has 6 heteroatoms. The highest BCUT2D eigenvalue weighted by Crippen LogP contribution is 2.23. The van der Waals surface area contributed by atoms with Crippen molar-refractivity contribution in [3.05, 3.63) is 46.0 Å². The lowest BCUT2D eigenvalue weighted by molar-refractivity contribution is 0.602. The van der Waals surface area contributed by atoms with Crippen molar-refractivity contribution in [3.8, 4) is 11.4 Å². The van der Waals surface area contributed by atoms with E-state index in [1.807, 2.05) is 24.3 Å². The van der Waals surface area contributed by atoms with Crippen molar-refractivity contribution in [3.63, 3.8) is 0 Å². The van der Waals surface area contributed by atoms with Gasteiger partial charge in [0.15, 0.2) is 9.84 Å². The maximum atomic E-state index is 11.6. The molecule has 0 radical (unpaired) electrons. The lowest BCUT2D eigenvalue weighted by Crippen LogP contribution is -1.96. The summed E-state index contributed by atoms with van der Waals surface area (Å²) in [5.41, 5.74) is 2.46. The van der Waals surface area contributed by atoms with Crippen LogP contribution in [0.25, 0.3) is 22.4 Å². The van der Waals surface area contributed by atoms with E-state index in [4.69, 9.17) is 0 Å². The fraction of sp³-hybridized carbons (Fsp3) is 0.0714.